The van der Waals surface area contributed by atoms with Gasteiger partial charge < -0.3 is 10.6 Å². The van der Waals surface area contributed by atoms with Gasteiger partial charge in [0.1, 0.15) is 0 Å². The average molecular weight is 258 g/mol. The highest BCUT2D eigenvalue weighted by molar-refractivity contribution is 6.00. The van der Waals surface area contributed by atoms with Crippen LogP contribution in [0.25, 0.3) is 0 Å². The van der Waals surface area contributed by atoms with Crippen molar-refractivity contribution in [3.8, 4) is 0 Å². The van der Waals surface area contributed by atoms with E-state index in [0.717, 1.165) is 11.5 Å². The molecule has 1 aliphatic carbocycles. The van der Waals surface area contributed by atoms with Crippen LogP contribution in [0.1, 0.15) is 42.1 Å². The third-order valence-electron chi connectivity index (χ3n) is 4.01. The maximum atomic E-state index is 11.9. The number of benzene rings is 1. The Morgan fingerprint density at radius 1 is 1.47 bits per heavy atom. The molecule has 0 unspecified atom stereocenters. The fourth-order valence-electron chi connectivity index (χ4n) is 2.63. The summed E-state index contributed by atoms with van der Waals surface area (Å²) in [6.45, 7) is 2.72. The fraction of sp³-hybridized carbons (Fsp3) is 0.467. The number of amides is 2. The summed E-state index contributed by atoms with van der Waals surface area (Å²) in [4.78, 5) is 23.5. The van der Waals surface area contributed by atoms with Crippen molar-refractivity contribution in [2.45, 2.75) is 32.7 Å². The van der Waals surface area contributed by atoms with Crippen molar-refractivity contribution in [3.05, 3.63) is 29.3 Å². The van der Waals surface area contributed by atoms with Gasteiger partial charge in [-0.2, -0.15) is 0 Å². The van der Waals surface area contributed by atoms with Gasteiger partial charge in [0.15, 0.2) is 0 Å². The van der Waals surface area contributed by atoms with Gasteiger partial charge in [-0.15, -0.1) is 0 Å². The van der Waals surface area contributed by atoms with Crippen molar-refractivity contribution in [2.24, 2.45) is 11.8 Å². The third kappa shape index (κ3) is 2.62. The van der Waals surface area contributed by atoms with Crippen LogP contribution in [-0.2, 0) is 11.3 Å². The van der Waals surface area contributed by atoms with Gasteiger partial charge in [-0.25, -0.2) is 0 Å². The molecule has 1 heterocycles. The maximum absolute atomic E-state index is 11.9. The number of anilines is 1. The Labute approximate surface area is 112 Å². The minimum Gasteiger partial charge on any atom is -0.348 e. The highest BCUT2D eigenvalue weighted by Crippen LogP contribution is 2.38. The zero-order valence-electron chi connectivity index (χ0n) is 11.0. The Balaban J connectivity index is 1.64. The molecule has 4 heteroatoms. The first-order valence-electron chi connectivity index (χ1n) is 6.84. The summed E-state index contributed by atoms with van der Waals surface area (Å²) in [5.74, 6) is 1.17. The molecule has 1 fully saturated rings. The SMILES string of the molecule is C[C@@H](CC(=O)Nc1ccc2c(c1)C(=O)NC2)C1CC1. The number of hydrogen-bond donors (Lipinski definition) is 2. The minimum atomic E-state index is -0.0579. The number of rotatable bonds is 4. The van der Waals surface area contributed by atoms with Crippen LogP contribution in [0.2, 0.25) is 0 Å². The van der Waals surface area contributed by atoms with E-state index in [2.05, 4.69) is 17.6 Å². The normalized spacial score (nSPS) is 18.7. The molecule has 0 radical (unpaired) electrons. The van der Waals surface area contributed by atoms with Crippen LogP contribution < -0.4 is 10.6 Å². The van der Waals surface area contributed by atoms with E-state index in [0.29, 0.717) is 30.1 Å². The van der Waals surface area contributed by atoms with Crippen molar-refractivity contribution in [3.63, 3.8) is 0 Å². The average Bonchev–Trinajstić information content (AvgIpc) is 3.16. The third-order valence-corrected chi connectivity index (χ3v) is 4.01. The summed E-state index contributed by atoms with van der Waals surface area (Å²) in [5, 5.41) is 5.66. The standard InChI is InChI=1S/C15H18N2O2/c1-9(10-2-3-10)6-14(18)17-12-5-4-11-8-16-15(19)13(11)7-12/h4-5,7,9-10H,2-3,6,8H2,1H3,(H,16,19)(H,17,18)/t9-/m0/s1. The van der Waals surface area contributed by atoms with Gasteiger partial charge in [-0.3, -0.25) is 9.59 Å². The van der Waals surface area contributed by atoms with Gasteiger partial charge in [0.2, 0.25) is 5.91 Å². The van der Waals surface area contributed by atoms with Gasteiger partial charge in [-0.1, -0.05) is 13.0 Å². The molecule has 100 valence electrons. The smallest absolute Gasteiger partial charge is 0.251 e. The van der Waals surface area contributed by atoms with Crippen molar-refractivity contribution in [2.75, 3.05) is 5.32 Å². The van der Waals surface area contributed by atoms with E-state index in [1.165, 1.54) is 12.8 Å². The van der Waals surface area contributed by atoms with Crippen LogP contribution in [0.4, 0.5) is 5.69 Å². The topological polar surface area (TPSA) is 58.2 Å². The molecule has 3 rings (SSSR count). The van der Waals surface area contributed by atoms with Crippen molar-refractivity contribution < 1.29 is 9.59 Å². The molecule has 2 aliphatic rings. The van der Waals surface area contributed by atoms with Gasteiger partial charge in [0, 0.05) is 24.2 Å². The monoisotopic (exact) mass is 258 g/mol. The molecule has 4 nitrogen and oxygen atoms in total. The van der Waals surface area contributed by atoms with Crippen LogP contribution in [0.5, 0.6) is 0 Å². The molecular formula is C15H18N2O2. The maximum Gasteiger partial charge on any atom is 0.251 e. The number of fused-ring (bicyclic) bond motifs is 1. The van der Waals surface area contributed by atoms with E-state index < -0.39 is 0 Å². The first-order valence-corrected chi connectivity index (χ1v) is 6.84. The molecule has 1 atom stereocenters. The van der Waals surface area contributed by atoms with Crippen LogP contribution in [0.15, 0.2) is 18.2 Å². The minimum absolute atomic E-state index is 0.0396. The van der Waals surface area contributed by atoms with E-state index in [-0.39, 0.29) is 11.8 Å². The summed E-state index contributed by atoms with van der Waals surface area (Å²) >= 11 is 0. The molecule has 2 amide bonds. The molecule has 0 aromatic heterocycles. The summed E-state index contributed by atoms with van der Waals surface area (Å²) < 4.78 is 0. The quantitative estimate of drug-likeness (QED) is 0.870. The summed E-state index contributed by atoms with van der Waals surface area (Å²) in [6, 6.07) is 5.52. The summed E-state index contributed by atoms with van der Waals surface area (Å²) in [6.07, 6.45) is 3.08. The summed E-state index contributed by atoms with van der Waals surface area (Å²) in [5.41, 5.74) is 2.38. The van der Waals surface area contributed by atoms with Crippen LogP contribution in [0.3, 0.4) is 0 Å². The molecule has 1 aromatic carbocycles. The first kappa shape index (κ1) is 12.2. The van der Waals surface area contributed by atoms with Crippen LogP contribution in [-0.4, -0.2) is 11.8 Å². The zero-order chi connectivity index (χ0) is 13.4. The van der Waals surface area contributed by atoms with Crippen molar-refractivity contribution in [1.82, 2.24) is 5.32 Å². The van der Waals surface area contributed by atoms with E-state index in [9.17, 15) is 9.59 Å². The van der Waals surface area contributed by atoms with Crippen molar-refractivity contribution >= 4 is 17.5 Å². The van der Waals surface area contributed by atoms with Gasteiger partial charge >= 0.3 is 0 Å². The lowest BCUT2D eigenvalue weighted by molar-refractivity contribution is -0.117. The van der Waals surface area contributed by atoms with Gasteiger partial charge in [-0.05, 0) is 42.4 Å². The van der Waals surface area contributed by atoms with E-state index >= 15 is 0 Å². The number of nitrogens with one attached hydrogen (secondary N) is 2. The lowest BCUT2D eigenvalue weighted by atomic mass is 10.0. The molecule has 1 aromatic rings. The predicted molar refractivity (Wildman–Crippen MR) is 72.7 cm³/mol. The highest BCUT2D eigenvalue weighted by Gasteiger charge is 2.29. The first-order chi connectivity index (χ1) is 9.13. The Hall–Kier alpha value is -1.84. The number of hydrogen-bond acceptors (Lipinski definition) is 2. The molecule has 0 spiro atoms. The van der Waals surface area contributed by atoms with E-state index in [1.54, 1.807) is 6.07 Å². The molecule has 19 heavy (non-hydrogen) atoms. The second-order valence-corrected chi connectivity index (χ2v) is 5.62. The Morgan fingerprint density at radius 3 is 3.00 bits per heavy atom. The Kier molecular flexibility index (Phi) is 3.01. The molecular weight excluding hydrogens is 240 g/mol. The molecule has 0 saturated heterocycles. The second kappa shape index (κ2) is 4.68. The van der Waals surface area contributed by atoms with Crippen molar-refractivity contribution in [1.29, 1.82) is 0 Å². The molecule has 2 N–H and O–H groups in total. The predicted octanol–water partition coefficient (Wildman–Crippen LogP) is 2.30. The molecule has 1 saturated carbocycles. The van der Waals surface area contributed by atoms with Crippen LogP contribution >= 0.6 is 0 Å². The number of carbonyl (C=O) groups is 2. The second-order valence-electron chi connectivity index (χ2n) is 5.62. The van der Waals surface area contributed by atoms with E-state index in [4.69, 9.17) is 0 Å². The largest absolute Gasteiger partial charge is 0.348 e. The lowest BCUT2D eigenvalue weighted by Gasteiger charge is -2.10. The highest BCUT2D eigenvalue weighted by atomic mass is 16.2. The van der Waals surface area contributed by atoms with Gasteiger partial charge in [0.25, 0.3) is 5.91 Å². The van der Waals surface area contributed by atoms with Crippen LogP contribution in [0, 0.1) is 11.8 Å². The lowest BCUT2D eigenvalue weighted by Crippen LogP contribution is -2.16. The Bertz CT molecular complexity index is 535. The Morgan fingerprint density at radius 2 is 2.26 bits per heavy atom. The summed E-state index contributed by atoms with van der Waals surface area (Å²) in [7, 11) is 0. The fourth-order valence-corrected chi connectivity index (χ4v) is 2.63. The molecule has 1 aliphatic heterocycles. The van der Waals surface area contributed by atoms with E-state index in [1.807, 2.05) is 12.1 Å². The van der Waals surface area contributed by atoms with Gasteiger partial charge in [0.05, 0.1) is 0 Å². The molecule has 0 bridgehead atoms. The number of carbonyl (C=O) groups excluding carboxylic acids is 2. The zero-order valence-corrected chi connectivity index (χ0v) is 11.0.